The molecular formula is C18H16BrN3O3S. The van der Waals surface area contributed by atoms with Crippen molar-refractivity contribution < 1.29 is 9.90 Å². The highest BCUT2D eigenvalue weighted by molar-refractivity contribution is 9.10. The van der Waals surface area contributed by atoms with Gasteiger partial charge in [-0.2, -0.15) is 0 Å². The minimum Gasteiger partial charge on any atom is -0.493 e. The van der Waals surface area contributed by atoms with Crippen LogP contribution in [0.1, 0.15) is 23.3 Å². The van der Waals surface area contributed by atoms with Gasteiger partial charge in [-0.1, -0.05) is 27.3 Å². The lowest BCUT2D eigenvalue weighted by Crippen LogP contribution is -2.33. The average molecular weight is 434 g/mol. The molecule has 1 fully saturated rings. The molecule has 0 aliphatic carbocycles. The summed E-state index contributed by atoms with van der Waals surface area (Å²) in [5.41, 5.74) is 2.59. The average Bonchev–Trinajstić information content (AvgIpc) is 3.33. The second kappa shape index (κ2) is 6.85. The highest BCUT2D eigenvalue weighted by Gasteiger charge is 2.22. The Hall–Kier alpha value is -2.19. The summed E-state index contributed by atoms with van der Waals surface area (Å²) in [4.78, 5) is 30.7. The minimum absolute atomic E-state index is 0.124. The largest absolute Gasteiger partial charge is 0.493 e. The molecule has 2 aliphatic heterocycles. The minimum atomic E-state index is -0.341. The molecule has 2 aromatic rings. The van der Waals surface area contributed by atoms with Crippen molar-refractivity contribution in [1.29, 1.82) is 0 Å². The van der Waals surface area contributed by atoms with Crippen molar-refractivity contribution in [3.8, 4) is 5.88 Å². The fraction of sp³-hybridized carbons (Fsp3) is 0.278. The Morgan fingerprint density at radius 1 is 1.35 bits per heavy atom. The predicted octanol–water partition coefficient (Wildman–Crippen LogP) is 3.26. The standard InChI is InChI=1S/C18H16BrN3O3S/c19-12-3-4-14-13(8-12)11(9-20-14)7-15-17(24)22(18(25)26-15)10-16(23)21-5-1-2-6-21/h3-4,7-9,24H,1-2,5-6,10H2. The first-order chi connectivity index (χ1) is 12.5. The number of halogens is 1. The molecule has 1 aromatic carbocycles. The third-order valence-corrected chi connectivity index (χ3v) is 5.95. The number of fused-ring (bicyclic) bond motifs is 1. The SMILES string of the molecule is O=C(Cn1c(O)c(C=C2C=Nc3ccc(Br)cc32)sc1=O)N1CCCC1. The number of aromatic nitrogens is 1. The summed E-state index contributed by atoms with van der Waals surface area (Å²) >= 11 is 4.37. The van der Waals surface area contributed by atoms with E-state index in [9.17, 15) is 14.7 Å². The molecule has 1 amide bonds. The zero-order chi connectivity index (χ0) is 18.3. The summed E-state index contributed by atoms with van der Waals surface area (Å²) < 4.78 is 2.07. The number of allylic oxidation sites excluding steroid dienone is 1. The van der Waals surface area contributed by atoms with Crippen LogP contribution in [0.4, 0.5) is 5.69 Å². The van der Waals surface area contributed by atoms with Crippen LogP contribution in [0.3, 0.4) is 0 Å². The van der Waals surface area contributed by atoms with Gasteiger partial charge in [-0.25, -0.2) is 0 Å². The molecule has 6 nitrogen and oxygen atoms in total. The van der Waals surface area contributed by atoms with Gasteiger partial charge in [-0.05, 0) is 37.1 Å². The first-order valence-electron chi connectivity index (χ1n) is 8.29. The highest BCUT2D eigenvalue weighted by atomic mass is 79.9. The Morgan fingerprint density at radius 3 is 2.88 bits per heavy atom. The fourth-order valence-corrected chi connectivity index (χ4v) is 4.36. The quantitative estimate of drug-likeness (QED) is 0.806. The van der Waals surface area contributed by atoms with Crippen molar-refractivity contribution in [2.45, 2.75) is 19.4 Å². The Labute approximate surface area is 162 Å². The number of benzene rings is 1. The van der Waals surface area contributed by atoms with Gasteiger partial charge in [0, 0.05) is 34.9 Å². The second-order valence-corrected chi connectivity index (χ2v) is 8.16. The Balaban J connectivity index is 1.64. The monoisotopic (exact) mass is 433 g/mol. The zero-order valence-corrected chi connectivity index (χ0v) is 16.2. The molecule has 8 heteroatoms. The van der Waals surface area contributed by atoms with Crippen molar-refractivity contribution in [3.05, 3.63) is 42.8 Å². The summed E-state index contributed by atoms with van der Waals surface area (Å²) in [6.07, 6.45) is 5.42. The first-order valence-corrected chi connectivity index (χ1v) is 9.90. The van der Waals surface area contributed by atoms with Crippen molar-refractivity contribution in [2.24, 2.45) is 4.99 Å². The van der Waals surface area contributed by atoms with Crippen LogP contribution in [0.15, 0.2) is 32.5 Å². The Kier molecular flexibility index (Phi) is 4.54. The van der Waals surface area contributed by atoms with Gasteiger partial charge in [0.05, 0.1) is 10.6 Å². The van der Waals surface area contributed by atoms with Crippen LogP contribution in [0, 0.1) is 0 Å². The summed E-state index contributed by atoms with van der Waals surface area (Å²) in [6.45, 7) is 1.32. The Bertz CT molecular complexity index is 1000. The molecule has 134 valence electrons. The van der Waals surface area contributed by atoms with Gasteiger partial charge in [0.15, 0.2) is 0 Å². The summed E-state index contributed by atoms with van der Waals surface area (Å²) in [7, 11) is 0. The van der Waals surface area contributed by atoms with Gasteiger partial charge >= 0.3 is 4.87 Å². The molecule has 26 heavy (non-hydrogen) atoms. The van der Waals surface area contributed by atoms with Crippen LogP contribution in [0.25, 0.3) is 11.6 Å². The molecule has 0 bridgehead atoms. The summed E-state index contributed by atoms with van der Waals surface area (Å²) in [5.74, 6) is -0.300. The van der Waals surface area contributed by atoms with Crippen molar-refractivity contribution in [3.63, 3.8) is 0 Å². The van der Waals surface area contributed by atoms with Gasteiger partial charge < -0.3 is 10.0 Å². The summed E-state index contributed by atoms with van der Waals surface area (Å²) in [5, 5.41) is 10.5. The van der Waals surface area contributed by atoms with Gasteiger partial charge in [0.25, 0.3) is 0 Å². The van der Waals surface area contributed by atoms with E-state index in [1.54, 1.807) is 17.2 Å². The number of carbonyl (C=O) groups is 1. The molecule has 0 radical (unpaired) electrons. The lowest BCUT2D eigenvalue weighted by Gasteiger charge is -2.15. The van der Waals surface area contributed by atoms with E-state index >= 15 is 0 Å². The van der Waals surface area contributed by atoms with Crippen molar-refractivity contribution in [1.82, 2.24) is 9.47 Å². The molecule has 0 atom stereocenters. The molecule has 4 rings (SSSR count). The maximum Gasteiger partial charge on any atom is 0.311 e. The van der Waals surface area contributed by atoms with Gasteiger partial charge in [-0.15, -0.1) is 0 Å². The van der Waals surface area contributed by atoms with Gasteiger partial charge in [-0.3, -0.25) is 19.1 Å². The van der Waals surface area contributed by atoms with Crippen LogP contribution in [0.2, 0.25) is 0 Å². The number of thiazole rings is 1. The van der Waals surface area contributed by atoms with Crippen molar-refractivity contribution >= 4 is 56.7 Å². The van der Waals surface area contributed by atoms with Crippen molar-refractivity contribution in [2.75, 3.05) is 13.1 Å². The number of likely N-dealkylation sites (tertiary alicyclic amines) is 1. The maximum atomic E-state index is 12.3. The molecule has 0 saturated carbocycles. The third-order valence-electron chi connectivity index (χ3n) is 4.54. The number of aliphatic imine (C=N–C) groups is 1. The molecule has 3 heterocycles. The van der Waals surface area contributed by atoms with Crippen LogP contribution < -0.4 is 4.87 Å². The van der Waals surface area contributed by atoms with Gasteiger partial charge in [0.1, 0.15) is 6.54 Å². The molecule has 1 saturated heterocycles. The molecule has 0 spiro atoms. The molecular weight excluding hydrogens is 418 g/mol. The number of amides is 1. The van der Waals surface area contributed by atoms with E-state index in [2.05, 4.69) is 20.9 Å². The predicted molar refractivity (Wildman–Crippen MR) is 106 cm³/mol. The first kappa shape index (κ1) is 17.2. The highest BCUT2D eigenvalue weighted by Crippen LogP contribution is 2.36. The van der Waals surface area contributed by atoms with Crippen LogP contribution >= 0.6 is 27.3 Å². The summed E-state index contributed by atoms with van der Waals surface area (Å²) in [6, 6.07) is 5.76. The number of nitrogens with zero attached hydrogens (tertiary/aromatic N) is 3. The number of aromatic hydroxyl groups is 1. The smallest absolute Gasteiger partial charge is 0.311 e. The maximum absolute atomic E-state index is 12.3. The topological polar surface area (TPSA) is 74.9 Å². The number of rotatable bonds is 3. The van der Waals surface area contributed by atoms with E-state index in [0.29, 0.717) is 4.88 Å². The lowest BCUT2D eigenvalue weighted by atomic mass is 10.1. The van der Waals surface area contributed by atoms with E-state index in [1.165, 1.54) is 0 Å². The second-order valence-electron chi connectivity index (χ2n) is 6.25. The van der Waals surface area contributed by atoms with Crippen LogP contribution in [-0.2, 0) is 11.3 Å². The van der Waals surface area contributed by atoms with Crippen LogP contribution in [-0.4, -0.2) is 39.8 Å². The molecule has 1 N–H and O–H groups in total. The number of carbonyl (C=O) groups excluding carboxylic acids is 1. The van der Waals surface area contributed by atoms with Gasteiger partial charge in [0.2, 0.25) is 11.8 Å². The number of hydrogen-bond acceptors (Lipinski definition) is 5. The third kappa shape index (κ3) is 3.14. The molecule has 1 aromatic heterocycles. The fourth-order valence-electron chi connectivity index (χ4n) is 3.17. The van der Waals surface area contributed by atoms with Crippen LogP contribution in [0.5, 0.6) is 5.88 Å². The Morgan fingerprint density at radius 2 is 2.12 bits per heavy atom. The van der Waals surface area contributed by atoms with E-state index in [4.69, 9.17) is 0 Å². The molecule has 0 unspecified atom stereocenters. The van der Waals surface area contributed by atoms with E-state index < -0.39 is 0 Å². The molecule has 2 aliphatic rings. The zero-order valence-electron chi connectivity index (χ0n) is 13.8. The van der Waals surface area contributed by atoms with E-state index in [0.717, 1.165) is 63.1 Å². The van der Waals surface area contributed by atoms with E-state index in [1.807, 2.05) is 18.2 Å². The lowest BCUT2D eigenvalue weighted by molar-refractivity contribution is -0.130. The normalized spacial score (nSPS) is 17.3. The number of hydrogen-bond donors (Lipinski definition) is 1. The van der Waals surface area contributed by atoms with E-state index in [-0.39, 0.29) is 23.2 Å².